The number of methoxy groups -OCH3 is 1. The van der Waals surface area contributed by atoms with Crippen LogP contribution in [0.1, 0.15) is 27.7 Å². The van der Waals surface area contributed by atoms with Gasteiger partial charge >= 0.3 is 23.9 Å². The Morgan fingerprint density at radius 1 is 0.600 bits per heavy atom. The Morgan fingerprint density at radius 3 is 1.20 bits per heavy atom. The summed E-state index contributed by atoms with van der Waals surface area (Å²) in [6, 6.07) is 0. The quantitative estimate of drug-likeness (QED) is 0.484. The number of rotatable bonds is 5. The first-order chi connectivity index (χ1) is 11.6. The van der Waals surface area contributed by atoms with Gasteiger partial charge in [-0.15, -0.1) is 0 Å². The molecule has 0 aromatic carbocycles. The third kappa shape index (κ3) is 5.40. The Balaban J connectivity index is 3.34. The first-order valence-corrected chi connectivity index (χ1v) is 7.48. The van der Waals surface area contributed by atoms with Crippen LogP contribution in [0, 0.1) is 0 Å². The van der Waals surface area contributed by atoms with Gasteiger partial charge in [0.1, 0.15) is 12.2 Å². The summed E-state index contributed by atoms with van der Waals surface area (Å²) in [6.07, 6.45) is -8.10. The summed E-state index contributed by atoms with van der Waals surface area (Å²) in [4.78, 5) is 45.6. The molecule has 0 aliphatic heterocycles. The van der Waals surface area contributed by atoms with Crippen molar-refractivity contribution in [3.05, 3.63) is 0 Å². The van der Waals surface area contributed by atoms with Gasteiger partial charge in [-0.05, 0) is 0 Å². The summed E-state index contributed by atoms with van der Waals surface area (Å²) >= 11 is 0. The van der Waals surface area contributed by atoms with Crippen LogP contribution in [0.15, 0.2) is 0 Å². The highest BCUT2D eigenvalue weighted by atomic mass is 16.6. The number of hydrogen-bond acceptors (Lipinski definition) is 10. The van der Waals surface area contributed by atoms with Gasteiger partial charge in [0.15, 0.2) is 24.4 Å². The maximum absolute atomic E-state index is 11.4. The van der Waals surface area contributed by atoms with Crippen molar-refractivity contribution in [3.63, 3.8) is 0 Å². The van der Waals surface area contributed by atoms with Gasteiger partial charge in [-0.25, -0.2) is 0 Å². The minimum absolute atomic E-state index is 0.733. The fourth-order valence-electron chi connectivity index (χ4n) is 2.71. The number of aliphatic hydroxyl groups excluding tert-OH is 1. The average Bonchev–Trinajstić information content (AvgIpc) is 2.46. The van der Waals surface area contributed by atoms with Crippen LogP contribution < -0.4 is 0 Å². The first kappa shape index (κ1) is 20.8. The maximum Gasteiger partial charge on any atom is 0.303 e. The van der Waals surface area contributed by atoms with Gasteiger partial charge in [-0.3, -0.25) is 19.2 Å². The molecular formula is C15H22O10. The molecule has 1 rings (SSSR count). The maximum atomic E-state index is 11.4. The standard InChI is InChI=1S/C15H22O10/c1-6(16)22-11-10(20)12(23-7(2)17)14(24-8(3)18)15(13(11)21-5)25-9(4)19/h10-15,20H,1-5H3/t10-,11+,12+,13-,14+,15+/m1/s1. The van der Waals surface area contributed by atoms with Gasteiger partial charge in [-0.2, -0.15) is 0 Å². The zero-order valence-corrected chi connectivity index (χ0v) is 14.6. The zero-order chi connectivity index (χ0) is 19.3. The summed E-state index contributed by atoms with van der Waals surface area (Å²) < 4.78 is 25.5. The van der Waals surface area contributed by atoms with E-state index in [2.05, 4.69) is 0 Å². The molecule has 6 atom stereocenters. The Bertz CT molecular complexity index is 530. The predicted molar refractivity (Wildman–Crippen MR) is 79.0 cm³/mol. The molecule has 1 saturated carbocycles. The minimum atomic E-state index is -1.58. The fourth-order valence-corrected chi connectivity index (χ4v) is 2.71. The van der Waals surface area contributed by atoms with Crippen molar-refractivity contribution in [2.24, 2.45) is 0 Å². The number of hydrogen-bond donors (Lipinski definition) is 1. The largest absolute Gasteiger partial charge is 0.457 e. The Kier molecular flexibility index (Phi) is 7.31. The lowest BCUT2D eigenvalue weighted by Crippen LogP contribution is -2.67. The van der Waals surface area contributed by atoms with Gasteiger partial charge in [-0.1, -0.05) is 0 Å². The van der Waals surface area contributed by atoms with Crippen molar-refractivity contribution in [2.75, 3.05) is 7.11 Å². The second-order valence-electron chi connectivity index (χ2n) is 5.49. The van der Waals surface area contributed by atoms with Crippen LogP contribution >= 0.6 is 0 Å². The minimum Gasteiger partial charge on any atom is -0.457 e. The monoisotopic (exact) mass is 362 g/mol. The van der Waals surface area contributed by atoms with Gasteiger partial charge in [0.2, 0.25) is 0 Å². The van der Waals surface area contributed by atoms with Gasteiger partial charge < -0.3 is 28.8 Å². The smallest absolute Gasteiger partial charge is 0.303 e. The molecule has 1 aliphatic rings. The molecule has 25 heavy (non-hydrogen) atoms. The number of esters is 4. The molecule has 0 spiro atoms. The highest BCUT2D eigenvalue weighted by Crippen LogP contribution is 2.32. The summed E-state index contributed by atoms with van der Waals surface area (Å²) in [7, 11) is 1.24. The van der Waals surface area contributed by atoms with Crippen molar-refractivity contribution >= 4 is 23.9 Å². The molecule has 0 aromatic heterocycles. The third-order valence-electron chi connectivity index (χ3n) is 3.45. The fraction of sp³-hybridized carbons (Fsp3) is 0.733. The lowest BCUT2D eigenvalue weighted by Gasteiger charge is -2.45. The molecule has 142 valence electrons. The van der Waals surface area contributed by atoms with Gasteiger partial charge in [0, 0.05) is 34.8 Å². The molecule has 0 unspecified atom stereocenters. The zero-order valence-electron chi connectivity index (χ0n) is 14.6. The summed E-state index contributed by atoms with van der Waals surface area (Å²) in [5.74, 6) is -3.00. The molecule has 1 aliphatic carbocycles. The summed E-state index contributed by atoms with van der Waals surface area (Å²) in [5, 5.41) is 10.5. The van der Waals surface area contributed by atoms with Crippen LogP contribution in [0.25, 0.3) is 0 Å². The van der Waals surface area contributed by atoms with Crippen LogP contribution in [0.4, 0.5) is 0 Å². The van der Waals surface area contributed by atoms with E-state index >= 15 is 0 Å². The topological polar surface area (TPSA) is 135 Å². The molecule has 0 bridgehead atoms. The highest BCUT2D eigenvalue weighted by Gasteiger charge is 2.57. The van der Waals surface area contributed by atoms with Crippen molar-refractivity contribution < 1.29 is 48.0 Å². The van der Waals surface area contributed by atoms with Crippen molar-refractivity contribution in [2.45, 2.75) is 64.3 Å². The molecule has 0 aromatic rings. The normalized spacial score (nSPS) is 31.6. The second-order valence-corrected chi connectivity index (χ2v) is 5.49. The average molecular weight is 362 g/mol. The molecule has 1 fully saturated rings. The first-order valence-electron chi connectivity index (χ1n) is 7.48. The van der Waals surface area contributed by atoms with E-state index in [-0.39, 0.29) is 0 Å². The predicted octanol–water partition coefficient (Wildman–Crippen LogP) is -0.897. The molecule has 10 heteroatoms. The van der Waals surface area contributed by atoms with E-state index < -0.39 is 60.5 Å². The number of carbonyl (C=O) groups excluding carboxylic acids is 4. The van der Waals surface area contributed by atoms with E-state index in [1.54, 1.807) is 0 Å². The molecule has 0 saturated heterocycles. The van der Waals surface area contributed by atoms with Crippen LogP contribution in [0.5, 0.6) is 0 Å². The lowest BCUT2D eigenvalue weighted by atomic mass is 9.84. The number of ether oxygens (including phenoxy) is 5. The Hall–Kier alpha value is -2.20. The number of carbonyl (C=O) groups is 4. The van der Waals surface area contributed by atoms with Crippen molar-refractivity contribution in [1.29, 1.82) is 0 Å². The SMILES string of the molecule is CO[C@H]1[C@H](OC(C)=O)[C@@H](OC(C)=O)[C@@H](OC(C)=O)[C@H](O)[C@@H]1OC(C)=O. The highest BCUT2D eigenvalue weighted by molar-refractivity contribution is 5.69. The molecule has 0 heterocycles. The van der Waals surface area contributed by atoms with E-state index in [0.29, 0.717) is 0 Å². The molecule has 0 radical (unpaired) electrons. The summed E-state index contributed by atoms with van der Waals surface area (Å²) in [6.45, 7) is 4.41. The molecule has 1 N–H and O–H groups in total. The lowest BCUT2D eigenvalue weighted by molar-refractivity contribution is -0.254. The molecule has 10 nitrogen and oxygen atoms in total. The Labute approximate surface area is 144 Å². The number of aliphatic hydroxyl groups is 1. The third-order valence-corrected chi connectivity index (χ3v) is 3.45. The second kappa shape index (κ2) is 8.77. The van der Waals surface area contributed by atoms with Crippen LogP contribution in [0.3, 0.4) is 0 Å². The molecule has 0 amide bonds. The summed E-state index contributed by atoms with van der Waals surface area (Å²) in [5.41, 5.74) is 0. The van der Waals surface area contributed by atoms with E-state index in [0.717, 1.165) is 27.7 Å². The van der Waals surface area contributed by atoms with Gasteiger partial charge in [0.05, 0.1) is 0 Å². The molecular weight excluding hydrogens is 340 g/mol. The Morgan fingerprint density at radius 2 is 0.880 bits per heavy atom. The van der Waals surface area contributed by atoms with E-state index in [9.17, 15) is 24.3 Å². The van der Waals surface area contributed by atoms with Crippen molar-refractivity contribution in [1.82, 2.24) is 0 Å². The van der Waals surface area contributed by atoms with Crippen LogP contribution in [-0.2, 0) is 42.9 Å². The van der Waals surface area contributed by atoms with Crippen molar-refractivity contribution in [3.8, 4) is 0 Å². The van der Waals surface area contributed by atoms with Crippen LogP contribution in [0.2, 0.25) is 0 Å². The van der Waals surface area contributed by atoms with E-state index in [1.807, 2.05) is 0 Å². The van der Waals surface area contributed by atoms with E-state index in [4.69, 9.17) is 23.7 Å². The van der Waals surface area contributed by atoms with E-state index in [1.165, 1.54) is 7.11 Å². The van der Waals surface area contributed by atoms with Gasteiger partial charge in [0.25, 0.3) is 0 Å². The van der Waals surface area contributed by atoms with Crippen LogP contribution in [-0.4, -0.2) is 72.7 Å².